The molecule has 0 saturated carbocycles. The Balaban J connectivity index is 2.54. The van der Waals surface area contributed by atoms with Crippen LogP contribution in [0.1, 0.15) is 0 Å². The van der Waals surface area contributed by atoms with Gasteiger partial charge in [0.1, 0.15) is 5.82 Å². The number of hydrogen-bond donors (Lipinski definition) is 1. The average Bonchev–Trinajstić information content (AvgIpc) is 2.45. The van der Waals surface area contributed by atoms with Crippen LogP contribution in [0.15, 0.2) is 30.5 Å². The van der Waals surface area contributed by atoms with Gasteiger partial charge >= 0.3 is 0 Å². The molecular weight excluding hydrogens is 181 g/mol. The third-order valence-corrected chi connectivity index (χ3v) is 1.99. The Hall–Kier alpha value is -1.84. The minimum absolute atomic E-state index is 0.272. The number of nitrogens with two attached hydrogens (primary N) is 1. The zero-order valence-electron chi connectivity index (χ0n) is 7.74. The van der Waals surface area contributed by atoms with Crippen molar-refractivity contribution in [3.05, 3.63) is 36.3 Å². The molecule has 1 aromatic heterocycles. The molecular formula is C10H10FN3. The number of anilines is 1. The Bertz CT molecular complexity index is 462. The van der Waals surface area contributed by atoms with Gasteiger partial charge in [-0.15, -0.1) is 0 Å². The molecule has 1 heterocycles. The highest BCUT2D eigenvalue weighted by Crippen LogP contribution is 2.24. The lowest BCUT2D eigenvalue weighted by atomic mass is 10.1. The summed E-state index contributed by atoms with van der Waals surface area (Å²) in [4.78, 5) is 0. The summed E-state index contributed by atoms with van der Waals surface area (Å²) in [7, 11) is 1.78. The molecule has 0 spiro atoms. The molecule has 72 valence electrons. The molecule has 0 saturated heterocycles. The second kappa shape index (κ2) is 3.14. The van der Waals surface area contributed by atoms with E-state index in [4.69, 9.17) is 5.73 Å². The first-order valence-electron chi connectivity index (χ1n) is 4.22. The summed E-state index contributed by atoms with van der Waals surface area (Å²) in [5.41, 5.74) is 7.17. The molecule has 2 N–H and O–H groups in total. The van der Waals surface area contributed by atoms with E-state index in [0.717, 1.165) is 11.1 Å². The number of aromatic nitrogens is 2. The molecule has 0 fully saturated rings. The molecule has 1 aromatic carbocycles. The first kappa shape index (κ1) is 8.74. The Morgan fingerprint density at radius 3 is 2.79 bits per heavy atom. The number of nitrogen functional groups attached to an aromatic ring is 1. The van der Waals surface area contributed by atoms with E-state index in [1.165, 1.54) is 12.1 Å². The second-order valence-electron chi connectivity index (χ2n) is 3.11. The summed E-state index contributed by atoms with van der Waals surface area (Å²) in [6.07, 6.45) is 1.77. The van der Waals surface area contributed by atoms with Crippen molar-refractivity contribution in [2.75, 3.05) is 5.73 Å². The summed E-state index contributed by atoms with van der Waals surface area (Å²) >= 11 is 0. The van der Waals surface area contributed by atoms with Crippen molar-refractivity contribution in [1.82, 2.24) is 9.78 Å². The fourth-order valence-electron chi connectivity index (χ4n) is 1.38. The number of halogens is 1. The largest absolute Gasteiger partial charge is 0.382 e. The van der Waals surface area contributed by atoms with E-state index in [1.54, 1.807) is 30.1 Å². The highest BCUT2D eigenvalue weighted by atomic mass is 19.1. The van der Waals surface area contributed by atoms with Gasteiger partial charge in [-0.2, -0.15) is 5.10 Å². The van der Waals surface area contributed by atoms with E-state index in [-0.39, 0.29) is 5.82 Å². The van der Waals surface area contributed by atoms with Crippen LogP contribution in [0.25, 0.3) is 11.1 Å². The molecule has 0 atom stereocenters. The molecule has 2 rings (SSSR count). The van der Waals surface area contributed by atoms with Crippen LogP contribution in [-0.2, 0) is 7.05 Å². The van der Waals surface area contributed by atoms with Crippen molar-refractivity contribution in [2.24, 2.45) is 7.05 Å². The van der Waals surface area contributed by atoms with Crippen molar-refractivity contribution >= 4 is 5.82 Å². The van der Waals surface area contributed by atoms with Crippen molar-refractivity contribution < 1.29 is 4.39 Å². The van der Waals surface area contributed by atoms with E-state index in [9.17, 15) is 4.39 Å². The summed E-state index contributed by atoms with van der Waals surface area (Å²) in [5, 5.41) is 3.99. The van der Waals surface area contributed by atoms with E-state index < -0.39 is 0 Å². The lowest BCUT2D eigenvalue weighted by Crippen LogP contribution is -1.90. The first-order valence-corrected chi connectivity index (χ1v) is 4.22. The Morgan fingerprint density at radius 1 is 1.43 bits per heavy atom. The summed E-state index contributed by atoms with van der Waals surface area (Å²) in [6.45, 7) is 0. The van der Waals surface area contributed by atoms with Crippen molar-refractivity contribution in [3.8, 4) is 11.1 Å². The number of benzene rings is 1. The summed E-state index contributed by atoms with van der Waals surface area (Å²) in [5.74, 6) is 0.142. The predicted octanol–water partition coefficient (Wildman–Crippen LogP) is 1.81. The molecule has 0 amide bonds. The minimum atomic E-state index is -0.272. The van der Waals surface area contributed by atoms with Gasteiger partial charge in [-0.3, -0.25) is 4.68 Å². The number of rotatable bonds is 1. The molecule has 0 aliphatic heterocycles. The normalized spacial score (nSPS) is 10.4. The average molecular weight is 191 g/mol. The van der Waals surface area contributed by atoms with Crippen LogP contribution in [0.2, 0.25) is 0 Å². The molecule has 2 aromatic rings. The Morgan fingerprint density at radius 2 is 2.21 bits per heavy atom. The Kier molecular flexibility index (Phi) is 1.96. The number of aryl methyl sites for hydroxylation is 1. The zero-order valence-corrected chi connectivity index (χ0v) is 7.74. The molecule has 0 aliphatic rings. The highest BCUT2D eigenvalue weighted by molar-refractivity contribution is 5.72. The van der Waals surface area contributed by atoms with Crippen LogP contribution in [0.4, 0.5) is 10.2 Å². The molecule has 0 bridgehead atoms. The van der Waals surface area contributed by atoms with Crippen molar-refractivity contribution in [1.29, 1.82) is 0 Å². The predicted molar refractivity (Wildman–Crippen MR) is 53.0 cm³/mol. The second-order valence-corrected chi connectivity index (χ2v) is 3.11. The van der Waals surface area contributed by atoms with Crippen LogP contribution in [0.3, 0.4) is 0 Å². The maximum Gasteiger partial charge on any atom is 0.153 e. The van der Waals surface area contributed by atoms with E-state index in [0.29, 0.717) is 5.82 Å². The molecule has 0 radical (unpaired) electrons. The van der Waals surface area contributed by atoms with E-state index >= 15 is 0 Å². The minimum Gasteiger partial charge on any atom is -0.382 e. The SMILES string of the molecule is Cn1cc(-c2cccc(F)c2)c(N)n1. The highest BCUT2D eigenvalue weighted by Gasteiger charge is 2.06. The van der Waals surface area contributed by atoms with Crippen LogP contribution in [0, 0.1) is 5.82 Å². The monoisotopic (exact) mass is 191 g/mol. The van der Waals surface area contributed by atoms with Gasteiger partial charge in [0, 0.05) is 18.8 Å². The van der Waals surface area contributed by atoms with Crippen LogP contribution >= 0.6 is 0 Å². The standard InChI is InChI=1S/C10H10FN3/c1-14-6-9(10(12)13-14)7-3-2-4-8(11)5-7/h2-6H,1H3,(H2,12,13). The Labute approximate surface area is 81.0 Å². The van der Waals surface area contributed by atoms with Gasteiger partial charge in [0.25, 0.3) is 0 Å². The van der Waals surface area contributed by atoms with Gasteiger partial charge in [-0.1, -0.05) is 12.1 Å². The van der Waals surface area contributed by atoms with Gasteiger partial charge in [-0.05, 0) is 17.7 Å². The number of nitrogens with zero attached hydrogens (tertiary/aromatic N) is 2. The van der Waals surface area contributed by atoms with Crippen LogP contribution in [0.5, 0.6) is 0 Å². The molecule has 3 nitrogen and oxygen atoms in total. The third kappa shape index (κ3) is 1.46. The third-order valence-electron chi connectivity index (χ3n) is 1.99. The van der Waals surface area contributed by atoms with Gasteiger partial charge in [-0.25, -0.2) is 4.39 Å². The topological polar surface area (TPSA) is 43.8 Å². The lowest BCUT2D eigenvalue weighted by molar-refractivity contribution is 0.628. The molecule has 0 unspecified atom stereocenters. The summed E-state index contributed by atoms with van der Waals surface area (Å²) in [6, 6.07) is 6.29. The molecule has 14 heavy (non-hydrogen) atoms. The number of hydrogen-bond acceptors (Lipinski definition) is 2. The summed E-state index contributed by atoms with van der Waals surface area (Å²) < 4.78 is 14.5. The van der Waals surface area contributed by atoms with Gasteiger partial charge in [0.2, 0.25) is 0 Å². The lowest BCUT2D eigenvalue weighted by Gasteiger charge is -1.97. The smallest absolute Gasteiger partial charge is 0.153 e. The van der Waals surface area contributed by atoms with Gasteiger partial charge in [0.15, 0.2) is 5.82 Å². The first-order chi connectivity index (χ1) is 6.66. The molecule has 0 aliphatic carbocycles. The van der Waals surface area contributed by atoms with Crippen LogP contribution in [-0.4, -0.2) is 9.78 Å². The van der Waals surface area contributed by atoms with E-state index in [1.807, 2.05) is 0 Å². The maximum atomic E-state index is 12.9. The van der Waals surface area contributed by atoms with Crippen molar-refractivity contribution in [3.63, 3.8) is 0 Å². The van der Waals surface area contributed by atoms with Gasteiger partial charge < -0.3 is 5.73 Å². The fourth-order valence-corrected chi connectivity index (χ4v) is 1.38. The van der Waals surface area contributed by atoms with Crippen molar-refractivity contribution in [2.45, 2.75) is 0 Å². The van der Waals surface area contributed by atoms with Gasteiger partial charge in [0.05, 0.1) is 0 Å². The maximum absolute atomic E-state index is 12.9. The zero-order chi connectivity index (χ0) is 10.1. The quantitative estimate of drug-likeness (QED) is 0.747. The van der Waals surface area contributed by atoms with Crippen LogP contribution < -0.4 is 5.73 Å². The molecule has 4 heteroatoms. The van der Waals surface area contributed by atoms with E-state index in [2.05, 4.69) is 5.10 Å². The fraction of sp³-hybridized carbons (Fsp3) is 0.100.